The molecule has 2 aromatic carbocycles. The number of hydrogen-bond donors (Lipinski definition) is 3. The molecule has 0 atom stereocenters. The molecule has 160 valence electrons. The van der Waals surface area contributed by atoms with Gasteiger partial charge in [0.05, 0.1) is 6.54 Å². The summed E-state index contributed by atoms with van der Waals surface area (Å²) in [5.41, 5.74) is 1.49. The molecule has 0 aliphatic rings. The normalized spacial score (nSPS) is 10.4. The van der Waals surface area contributed by atoms with Gasteiger partial charge >= 0.3 is 0 Å². The second-order valence-corrected chi connectivity index (χ2v) is 8.27. The summed E-state index contributed by atoms with van der Waals surface area (Å²) >= 11 is 7.49. The summed E-state index contributed by atoms with van der Waals surface area (Å²) in [6, 6.07) is 17.4. The average Bonchev–Trinajstić information content (AvgIpc) is 3.27. The first-order valence-corrected chi connectivity index (χ1v) is 11.0. The molecule has 3 amide bonds. The summed E-state index contributed by atoms with van der Waals surface area (Å²) in [4.78, 5) is 37.8. The van der Waals surface area contributed by atoms with Crippen molar-refractivity contribution in [1.29, 1.82) is 0 Å². The van der Waals surface area contributed by atoms with Crippen LogP contribution in [-0.2, 0) is 16.0 Å². The lowest BCUT2D eigenvalue weighted by atomic mass is 10.1. The third kappa shape index (κ3) is 7.55. The lowest BCUT2D eigenvalue weighted by molar-refractivity contribution is -0.116. The van der Waals surface area contributed by atoms with Crippen molar-refractivity contribution in [2.24, 2.45) is 0 Å². The third-order valence-corrected chi connectivity index (χ3v) is 5.54. The maximum atomic E-state index is 12.4. The van der Waals surface area contributed by atoms with Crippen molar-refractivity contribution in [3.05, 3.63) is 81.5 Å². The second-order valence-electron chi connectivity index (χ2n) is 6.80. The molecule has 1 aromatic heterocycles. The quantitative estimate of drug-likeness (QED) is 0.435. The van der Waals surface area contributed by atoms with Crippen LogP contribution in [0.5, 0.6) is 0 Å². The van der Waals surface area contributed by atoms with E-state index in [1.807, 2.05) is 11.4 Å². The minimum atomic E-state index is -0.403. The number of carbonyl (C=O) groups excluding carboxylic acids is 3. The van der Waals surface area contributed by atoms with Crippen LogP contribution >= 0.6 is 22.9 Å². The van der Waals surface area contributed by atoms with Crippen LogP contribution < -0.4 is 16.0 Å². The lowest BCUT2D eigenvalue weighted by Crippen LogP contribution is -2.32. The van der Waals surface area contributed by atoms with Gasteiger partial charge in [-0.1, -0.05) is 23.7 Å². The average molecular weight is 456 g/mol. The molecule has 31 heavy (non-hydrogen) atoms. The number of benzene rings is 2. The van der Waals surface area contributed by atoms with Crippen molar-refractivity contribution >= 4 is 52.0 Å². The molecule has 0 aliphatic heterocycles. The first-order valence-electron chi connectivity index (χ1n) is 9.75. The van der Waals surface area contributed by atoms with Crippen LogP contribution in [0, 0.1) is 0 Å². The molecule has 3 rings (SSSR count). The Labute approximate surface area is 189 Å². The van der Waals surface area contributed by atoms with Crippen molar-refractivity contribution in [1.82, 2.24) is 5.32 Å². The highest BCUT2D eigenvalue weighted by Gasteiger charge is 2.10. The first-order chi connectivity index (χ1) is 15.0. The standard InChI is InChI=1S/C23H22ClN3O3S/c24-17-9-11-18(12-10-17)26-22(29)15-25-23(30)16-4-1-5-19(14-16)27-21(28)8-2-6-20-7-3-13-31-20/h1,3-5,7,9-14H,2,6,8,15H2,(H,25,30)(H,26,29)(H,27,28). The summed E-state index contributed by atoms with van der Waals surface area (Å²) in [5.74, 6) is -0.859. The molecule has 0 unspecified atom stereocenters. The fourth-order valence-electron chi connectivity index (χ4n) is 2.84. The predicted molar refractivity (Wildman–Crippen MR) is 125 cm³/mol. The summed E-state index contributed by atoms with van der Waals surface area (Å²) in [6.07, 6.45) is 2.03. The lowest BCUT2D eigenvalue weighted by Gasteiger charge is -2.09. The Morgan fingerprint density at radius 3 is 2.39 bits per heavy atom. The topological polar surface area (TPSA) is 87.3 Å². The molecule has 3 N–H and O–H groups in total. The van der Waals surface area contributed by atoms with Crippen LogP contribution in [0.25, 0.3) is 0 Å². The summed E-state index contributed by atoms with van der Waals surface area (Å²) in [7, 11) is 0. The molecule has 0 spiro atoms. The smallest absolute Gasteiger partial charge is 0.251 e. The number of thiophene rings is 1. The fourth-order valence-corrected chi connectivity index (χ4v) is 3.72. The van der Waals surface area contributed by atoms with Gasteiger partial charge in [-0.05, 0) is 66.8 Å². The van der Waals surface area contributed by atoms with E-state index in [4.69, 9.17) is 11.6 Å². The van der Waals surface area contributed by atoms with E-state index < -0.39 is 5.91 Å². The molecule has 8 heteroatoms. The third-order valence-electron chi connectivity index (χ3n) is 4.35. The van der Waals surface area contributed by atoms with Gasteiger partial charge in [0.2, 0.25) is 11.8 Å². The SMILES string of the molecule is O=C(CCCc1cccs1)Nc1cccc(C(=O)NCC(=O)Nc2ccc(Cl)cc2)c1. The zero-order chi connectivity index (χ0) is 22.1. The highest BCUT2D eigenvalue weighted by Crippen LogP contribution is 2.15. The molecule has 0 fully saturated rings. The molecule has 1 heterocycles. The first kappa shape index (κ1) is 22.5. The van der Waals surface area contributed by atoms with Gasteiger partial charge in [-0.2, -0.15) is 0 Å². The van der Waals surface area contributed by atoms with Crippen molar-refractivity contribution in [3.8, 4) is 0 Å². The van der Waals surface area contributed by atoms with Crippen molar-refractivity contribution < 1.29 is 14.4 Å². The summed E-state index contributed by atoms with van der Waals surface area (Å²) in [6.45, 7) is -0.180. The van der Waals surface area contributed by atoms with Crippen LogP contribution in [0.1, 0.15) is 28.1 Å². The molecule has 0 saturated heterocycles. The van der Waals surface area contributed by atoms with Gasteiger partial charge in [0.15, 0.2) is 0 Å². The van der Waals surface area contributed by atoms with Crippen LogP contribution in [0.3, 0.4) is 0 Å². The van der Waals surface area contributed by atoms with Crippen molar-refractivity contribution in [3.63, 3.8) is 0 Å². The Balaban J connectivity index is 1.44. The van der Waals surface area contributed by atoms with Gasteiger partial charge in [0.25, 0.3) is 5.91 Å². The number of hydrogen-bond acceptors (Lipinski definition) is 4. The second kappa shape index (κ2) is 11.3. The van der Waals surface area contributed by atoms with E-state index in [1.165, 1.54) is 4.88 Å². The number of halogens is 1. The van der Waals surface area contributed by atoms with E-state index in [0.717, 1.165) is 12.8 Å². The Hall–Kier alpha value is -3.16. The minimum Gasteiger partial charge on any atom is -0.343 e. The van der Waals surface area contributed by atoms with Crippen molar-refractivity contribution in [2.45, 2.75) is 19.3 Å². The van der Waals surface area contributed by atoms with Gasteiger partial charge in [-0.25, -0.2) is 0 Å². The molecule has 0 radical (unpaired) electrons. The monoisotopic (exact) mass is 455 g/mol. The zero-order valence-corrected chi connectivity index (χ0v) is 18.3. The zero-order valence-electron chi connectivity index (χ0n) is 16.7. The number of amides is 3. The highest BCUT2D eigenvalue weighted by atomic mass is 35.5. The van der Waals surface area contributed by atoms with Gasteiger partial charge in [0.1, 0.15) is 0 Å². The van der Waals surface area contributed by atoms with Gasteiger partial charge in [-0.3, -0.25) is 14.4 Å². The van der Waals surface area contributed by atoms with E-state index in [2.05, 4.69) is 22.0 Å². The van der Waals surface area contributed by atoms with Crippen LogP contribution in [-0.4, -0.2) is 24.3 Å². The van der Waals surface area contributed by atoms with E-state index in [9.17, 15) is 14.4 Å². The van der Waals surface area contributed by atoms with Crippen LogP contribution in [0.2, 0.25) is 5.02 Å². The maximum absolute atomic E-state index is 12.4. The van der Waals surface area contributed by atoms with Gasteiger partial charge in [0, 0.05) is 33.3 Å². The number of anilines is 2. The van der Waals surface area contributed by atoms with Crippen LogP contribution in [0.15, 0.2) is 66.0 Å². The van der Waals surface area contributed by atoms with Crippen LogP contribution in [0.4, 0.5) is 11.4 Å². The van der Waals surface area contributed by atoms with E-state index >= 15 is 0 Å². The largest absolute Gasteiger partial charge is 0.343 e. The fraction of sp³-hybridized carbons (Fsp3) is 0.174. The highest BCUT2D eigenvalue weighted by molar-refractivity contribution is 7.09. The van der Waals surface area contributed by atoms with E-state index in [-0.39, 0.29) is 18.4 Å². The maximum Gasteiger partial charge on any atom is 0.251 e. The number of nitrogens with one attached hydrogen (secondary N) is 3. The molecule has 0 aliphatic carbocycles. The molecule has 0 bridgehead atoms. The Bertz CT molecular complexity index is 1040. The number of rotatable bonds is 9. The Morgan fingerprint density at radius 1 is 0.871 bits per heavy atom. The number of aryl methyl sites for hydroxylation is 1. The molecule has 0 saturated carbocycles. The summed E-state index contributed by atoms with van der Waals surface area (Å²) < 4.78 is 0. The van der Waals surface area contributed by atoms with E-state index in [1.54, 1.807) is 59.9 Å². The molecule has 6 nitrogen and oxygen atoms in total. The Kier molecular flexibility index (Phi) is 8.20. The van der Waals surface area contributed by atoms with Gasteiger partial charge in [-0.15, -0.1) is 11.3 Å². The van der Waals surface area contributed by atoms with Crippen molar-refractivity contribution in [2.75, 3.05) is 17.2 Å². The summed E-state index contributed by atoms with van der Waals surface area (Å²) in [5, 5.41) is 10.7. The Morgan fingerprint density at radius 2 is 1.65 bits per heavy atom. The van der Waals surface area contributed by atoms with E-state index in [0.29, 0.717) is 28.4 Å². The molecular weight excluding hydrogens is 434 g/mol. The molecular formula is C23H22ClN3O3S. The minimum absolute atomic E-state index is 0.101. The number of carbonyl (C=O) groups is 3. The predicted octanol–water partition coefficient (Wildman–Crippen LogP) is 4.73. The van der Waals surface area contributed by atoms with Gasteiger partial charge < -0.3 is 16.0 Å². The molecule has 3 aromatic rings.